The van der Waals surface area contributed by atoms with E-state index in [1.807, 2.05) is 13.8 Å². The van der Waals surface area contributed by atoms with Crippen LogP contribution in [0.5, 0.6) is 0 Å². The summed E-state index contributed by atoms with van der Waals surface area (Å²) in [5.74, 6) is 1.03. The van der Waals surface area contributed by atoms with Crippen molar-refractivity contribution >= 4 is 18.0 Å². The van der Waals surface area contributed by atoms with E-state index >= 15 is 0 Å². The number of carbonyl (C=O) groups excluding carboxylic acids is 1. The van der Waals surface area contributed by atoms with Crippen molar-refractivity contribution in [1.29, 1.82) is 0 Å². The van der Waals surface area contributed by atoms with Gasteiger partial charge in [-0.3, -0.25) is 0 Å². The number of hydrogen-bond acceptors (Lipinski definition) is 3. The van der Waals surface area contributed by atoms with Crippen LogP contribution in [0.25, 0.3) is 0 Å². The highest BCUT2D eigenvalue weighted by Gasteiger charge is 2.49. The molecule has 1 saturated heterocycles. The molecule has 1 aliphatic rings. The second kappa shape index (κ2) is 4.01. The third-order valence-corrected chi connectivity index (χ3v) is 3.80. The number of hydrogen-bond donors (Lipinski definition) is 0. The molecule has 0 saturated carbocycles. The van der Waals surface area contributed by atoms with E-state index in [0.717, 1.165) is 31.5 Å². The lowest BCUT2D eigenvalue weighted by atomic mass is 9.72. The molecule has 0 N–H and O–H groups in total. The van der Waals surface area contributed by atoms with E-state index in [0.29, 0.717) is 0 Å². The maximum absolute atomic E-state index is 11.2. The zero-order chi connectivity index (χ0) is 9.95. The van der Waals surface area contributed by atoms with E-state index in [2.05, 4.69) is 6.26 Å². The Kier molecular flexibility index (Phi) is 3.41. The minimum Gasteiger partial charge on any atom is -0.375 e. The predicted octanol–water partition coefficient (Wildman–Crippen LogP) is 2.12. The van der Waals surface area contributed by atoms with Crippen LogP contribution < -0.4 is 0 Å². The quantitative estimate of drug-likeness (QED) is 0.653. The molecule has 0 aromatic rings. The van der Waals surface area contributed by atoms with Gasteiger partial charge in [0, 0.05) is 6.61 Å². The van der Waals surface area contributed by atoms with Crippen LogP contribution in [0.4, 0.5) is 0 Å². The lowest BCUT2D eigenvalue weighted by Crippen LogP contribution is -2.41. The Labute approximate surface area is 84.4 Å². The first-order chi connectivity index (χ1) is 6.08. The summed E-state index contributed by atoms with van der Waals surface area (Å²) in [5, 5.41) is 0. The average Bonchev–Trinajstić information content (AvgIpc) is 2.38. The first kappa shape index (κ1) is 11.1. The lowest BCUT2D eigenvalue weighted by molar-refractivity contribution is -0.125. The second-order valence-corrected chi connectivity index (χ2v) is 5.11. The zero-order valence-corrected chi connectivity index (χ0v) is 9.45. The van der Waals surface area contributed by atoms with Crippen molar-refractivity contribution in [3.05, 3.63) is 0 Å². The summed E-state index contributed by atoms with van der Waals surface area (Å²) in [6, 6.07) is 0. The van der Waals surface area contributed by atoms with E-state index in [1.54, 1.807) is 11.8 Å². The van der Waals surface area contributed by atoms with Crippen molar-refractivity contribution < 1.29 is 9.53 Å². The number of thioether (sulfide) groups is 1. The minimum absolute atomic E-state index is 0.240. The van der Waals surface area contributed by atoms with Gasteiger partial charge in [0.25, 0.3) is 0 Å². The molecule has 1 unspecified atom stereocenters. The van der Waals surface area contributed by atoms with Gasteiger partial charge in [-0.05, 0) is 38.7 Å². The highest BCUT2D eigenvalue weighted by molar-refractivity contribution is 7.98. The Morgan fingerprint density at radius 3 is 2.62 bits per heavy atom. The molecule has 1 atom stereocenters. The van der Waals surface area contributed by atoms with Crippen LogP contribution >= 0.6 is 11.8 Å². The molecule has 1 heterocycles. The standard InChI is InChI=1S/C10H18O2S/c1-9(2)10(8-11,4-6-12-9)5-7-13-3/h8H,4-7H2,1-3H3. The molecule has 0 aromatic carbocycles. The van der Waals surface area contributed by atoms with Gasteiger partial charge >= 0.3 is 0 Å². The predicted molar refractivity (Wildman–Crippen MR) is 56.1 cm³/mol. The van der Waals surface area contributed by atoms with E-state index < -0.39 is 0 Å². The third-order valence-electron chi connectivity index (χ3n) is 3.19. The van der Waals surface area contributed by atoms with Gasteiger partial charge in [-0.25, -0.2) is 0 Å². The molecule has 2 nitrogen and oxygen atoms in total. The number of rotatable bonds is 4. The Balaban J connectivity index is 2.73. The summed E-state index contributed by atoms with van der Waals surface area (Å²) < 4.78 is 5.60. The van der Waals surface area contributed by atoms with Gasteiger partial charge in [0.1, 0.15) is 6.29 Å². The highest BCUT2D eigenvalue weighted by Crippen LogP contribution is 2.44. The van der Waals surface area contributed by atoms with Crippen LogP contribution in [0, 0.1) is 5.41 Å². The fourth-order valence-electron chi connectivity index (χ4n) is 1.90. The van der Waals surface area contributed by atoms with E-state index in [-0.39, 0.29) is 11.0 Å². The molecule has 0 radical (unpaired) electrons. The summed E-state index contributed by atoms with van der Waals surface area (Å²) in [6.07, 6.45) is 4.99. The molecular weight excluding hydrogens is 184 g/mol. The first-order valence-electron chi connectivity index (χ1n) is 4.67. The summed E-state index contributed by atoms with van der Waals surface area (Å²) in [5.41, 5.74) is -0.513. The number of aldehydes is 1. The maximum atomic E-state index is 11.2. The Morgan fingerprint density at radius 2 is 2.23 bits per heavy atom. The summed E-state index contributed by atoms with van der Waals surface area (Å²) in [7, 11) is 0. The van der Waals surface area contributed by atoms with Crippen LogP contribution in [0.1, 0.15) is 26.7 Å². The number of ether oxygens (including phenoxy) is 1. The monoisotopic (exact) mass is 202 g/mol. The summed E-state index contributed by atoms with van der Waals surface area (Å²) in [6.45, 7) is 4.77. The topological polar surface area (TPSA) is 26.3 Å². The normalized spacial score (nSPS) is 31.9. The largest absolute Gasteiger partial charge is 0.375 e. The van der Waals surface area contributed by atoms with Crippen LogP contribution in [-0.2, 0) is 9.53 Å². The maximum Gasteiger partial charge on any atom is 0.129 e. The van der Waals surface area contributed by atoms with Gasteiger partial charge < -0.3 is 9.53 Å². The second-order valence-electron chi connectivity index (χ2n) is 4.13. The fraction of sp³-hybridized carbons (Fsp3) is 0.900. The molecule has 0 spiro atoms. The van der Waals surface area contributed by atoms with Crippen molar-refractivity contribution in [2.45, 2.75) is 32.3 Å². The molecule has 0 bridgehead atoms. The average molecular weight is 202 g/mol. The van der Waals surface area contributed by atoms with Gasteiger partial charge in [0.05, 0.1) is 11.0 Å². The molecular formula is C10H18O2S. The van der Waals surface area contributed by atoms with Crippen molar-refractivity contribution in [1.82, 2.24) is 0 Å². The minimum atomic E-state index is -0.273. The van der Waals surface area contributed by atoms with Crippen molar-refractivity contribution in [3.63, 3.8) is 0 Å². The smallest absolute Gasteiger partial charge is 0.129 e. The van der Waals surface area contributed by atoms with Crippen molar-refractivity contribution in [2.24, 2.45) is 5.41 Å². The summed E-state index contributed by atoms with van der Waals surface area (Å²) in [4.78, 5) is 11.2. The van der Waals surface area contributed by atoms with Crippen LogP contribution in [0.3, 0.4) is 0 Å². The van der Waals surface area contributed by atoms with Crippen LogP contribution in [-0.4, -0.2) is 30.5 Å². The molecule has 0 aliphatic carbocycles. The van der Waals surface area contributed by atoms with Crippen molar-refractivity contribution in [3.8, 4) is 0 Å². The van der Waals surface area contributed by atoms with Gasteiger partial charge in [-0.2, -0.15) is 11.8 Å². The molecule has 0 aromatic heterocycles. The molecule has 76 valence electrons. The van der Waals surface area contributed by atoms with Gasteiger partial charge in [-0.15, -0.1) is 0 Å². The zero-order valence-electron chi connectivity index (χ0n) is 8.63. The third kappa shape index (κ3) is 1.91. The van der Waals surface area contributed by atoms with E-state index in [1.165, 1.54) is 0 Å². The van der Waals surface area contributed by atoms with E-state index in [9.17, 15) is 4.79 Å². The van der Waals surface area contributed by atoms with Gasteiger partial charge in [0.15, 0.2) is 0 Å². The molecule has 1 rings (SSSR count). The van der Waals surface area contributed by atoms with Gasteiger partial charge in [-0.1, -0.05) is 0 Å². The lowest BCUT2D eigenvalue weighted by Gasteiger charge is -2.35. The number of carbonyl (C=O) groups is 1. The van der Waals surface area contributed by atoms with Crippen LogP contribution in [0.2, 0.25) is 0 Å². The SMILES string of the molecule is CSCCC1(C=O)CCOC1(C)C. The first-order valence-corrected chi connectivity index (χ1v) is 6.07. The summed E-state index contributed by atoms with van der Waals surface area (Å²) >= 11 is 1.79. The molecule has 1 fully saturated rings. The fourth-order valence-corrected chi connectivity index (χ4v) is 2.47. The Hall–Kier alpha value is -0.0200. The van der Waals surface area contributed by atoms with Crippen molar-refractivity contribution in [2.75, 3.05) is 18.6 Å². The van der Waals surface area contributed by atoms with E-state index in [4.69, 9.17) is 4.74 Å². The molecule has 13 heavy (non-hydrogen) atoms. The molecule has 1 aliphatic heterocycles. The molecule has 0 amide bonds. The Bertz CT molecular complexity index is 191. The highest BCUT2D eigenvalue weighted by atomic mass is 32.2. The van der Waals surface area contributed by atoms with Gasteiger partial charge in [0.2, 0.25) is 0 Å². The van der Waals surface area contributed by atoms with Crippen LogP contribution in [0.15, 0.2) is 0 Å². The Morgan fingerprint density at radius 1 is 1.54 bits per heavy atom. The molecule has 3 heteroatoms.